The summed E-state index contributed by atoms with van der Waals surface area (Å²) in [6.07, 6.45) is 1.77. The number of hydrogen-bond acceptors (Lipinski definition) is 5. The highest BCUT2D eigenvalue weighted by Gasteiger charge is 2.04. The Morgan fingerprint density at radius 3 is 2.47 bits per heavy atom. The van der Waals surface area contributed by atoms with Gasteiger partial charge in [-0.05, 0) is 19.1 Å². The van der Waals surface area contributed by atoms with Gasteiger partial charge in [0.1, 0.15) is 0 Å². The first-order valence-electron chi connectivity index (χ1n) is 5.83. The standard InChI is InChI=1S/C14H19NO4/c1-10(14(16)19-4)7-8-15-11-5-6-12(17-2)13(9-11)18-3/h5-7,9,15H,8H2,1-4H3/b10-7+. The van der Waals surface area contributed by atoms with Crippen molar-refractivity contribution in [3.05, 3.63) is 29.8 Å². The third-order valence-electron chi connectivity index (χ3n) is 2.61. The fourth-order valence-electron chi connectivity index (χ4n) is 1.51. The van der Waals surface area contributed by atoms with Crippen LogP contribution in [-0.2, 0) is 9.53 Å². The molecule has 0 heterocycles. The lowest BCUT2D eigenvalue weighted by Crippen LogP contribution is -2.05. The van der Waals surface area contributed by atoms with Crippen LogP contribution in [0.3, 0.4) is 0 Å². The largest absolute Gasteiger partial charge is 0.493 e. The van der Waals surface area contributed by atoms with E-state index in [1.54, 1.807) is 27.2 Å². The molecular formula is C14H19NO4. The minimum Gasteiger partial charge on any atom is -0.493 e. The number of ether oxygens (including phenoxy) is 3. The van der Waals surface area contributed by atoms with Crippen LogP contribution in [0.15, 0.2) is 29.8 Å². The highest BCUT2D eigenvalue weighted by molar-refractivity contribution is 5.87. The molecule has 5 nitrogen and oxygen atoms in total. The van der Waals surface area contributed by atoms with E-state index in [1.807, 2.05) is 18.2 Å². The number of anilines is 1. The summed E-state index contributed by atoms with van der Waals surface area (Å²) in [7, 11) is 4.54. The van der Waals surface area contributed by atoms with Crippen molar-refractivity contribution in [2.24, 2.45) is 0 Å². The van der Waals surface area contributed by atoms with Gasteiger partial charge in [0, 0.05) is 23.9 Å². The summed E-state index contributed by atoms with van der Waals surface area (Å²) in [5.74, 6) is 1.00. The number of carbonyl (C=O) groups excluding carboxylic acids is 1. The summed E-state index contributed by atoms with van der Waals surface area (Å²) in [4.78, 5) is 11.2. The Balaban J connectivity index is 2.66. The molecule has 1 rings (SSSR count). The van der Waals surface area contributed by atoms with Crippen LogP contribution in [0.4, 0.5) is 5.69 Å². The first-order valence-corrected chi connectivity index (χ1v) is 5.83. The lowest BCUT2D eigenvalue weighted by Gasteiger charge is -2.10. The molecule has 0 aliphatic carbocycles. The zero-order valence-electron chi connectivity index (χ0n) is 11.6. The summed E-state index contributed by atoms with van der Waals surface area (Å²) in [5, 5.41) is 3.16. The molecule has 1 N–H and O–H groups in total. The summed E-state index contributed by atoms with van der Waals surface area (Å²) in [6, 6.07) is 5.53. The van der Waals surface area contributed by atoms with Gasteiger partial charge in [0.25, 0.3) is 0 Å². The third-order valence-corrected chi connectivity index (χ3v) is 2.61. The molecule has 1 aromatic carbocycles. The summed E-state index contributed by atoms with van der Waals surface area (Å²) in [6.45, 7) is 2.23. The molecule has 0 unspecified atom stereocenters. The number of rotatable bonds is 6. The molecule has 0 aromatic heterocycles. The predicted octanol–water partition coefficient (Wildman–Crippen LogP) is 2.24. The number of hydrogen-bond donors (Lipinski definition) is 1. The Labute approximate surface area is 113 Å². The fourth-order valence-corrected chi connectivity index (χ4v) is 1.51. The maximum absolute atomic E-state index is 11.2. The molecular weight excluding hydrogens is 246 g/mol. The molecule has 19 heavy (non-hydrogen) atoms. The van der Waals surface area contributed by atoms with Crippen molar-refractivity contribution >= 4 is 11.7 Å². The minimum absolute atomic E-state index is 0.325. The molecule has 1 aromatic rings. The molecule has 0 amide bonds. The minimum atomic E-state index is -0.325. The first-order chi connectivity index (χ1) is 9.12. The lowest BCUT2D eigenvalue weighted by atomic mass is 10.2. The van der Waals surface area contributed by atoms with Gasteiger partial charge in [0.2, 0.25) is 0 Å². The summed E-state index contributed by atoms with van der Waals surface area (Å²) >= 11 is 0. The Hall–Kier alpha value is -2.17. The van der Waals surface area contributed by atoms with Crippen LogP contribution < -0.4 is 14.8 Å². The van der Waals surface area contributed by atoms with Gasteiger partial charge in [0.05, 0.1) is 21.3 Å². The average Bonchev–Trinajstić information content (AvgIpc) is 2.45. The third kappa shape index (κ3) is 4.21. The van der Waals surface area contributed by atoms with E-state index in [0.29, 0.717) is 23.6 Å². The Kier molecular flexibility index (Phi) is 5.73. The number of benzene rings is 1. The molecule has 0 aliphatic rings. The van der Waals surface area contributed by atoms with Crippen molar-refractivity contribution in [2.45, 2.75) is 6.92 Å². The molecule has 0 bridgehead atoms. The topological polar surface area (TPSA) is 56.8 Å². The van der Waals surface area contributed by atoms with Crippen LogP contribution in [0.25, 0.3) is 0 Å². The quantitative estimate of drug-likeness (QED) is 0.631. The number of methoxy groups -OCH3 is 3. The van der Waals surface area contributed by atoms with E-state index < -0.39 is 0 Å². The van der Waals surface area contributed by atoms with Crippen molar-refractivity contribution in [3.8, 4) is 11.5 Å². The van der Waals surface area contributed by atoms with Crippen LogP contribution >= 0.6 is 0 Å². The molecule has 0 spiro atoms. The first kappa shape index (κ1) is 14.9. The van der Waals surface area contributed by atoms with Gasteiger partial charge in [-0.25, -0.2) is 4.79 Å². The molecule has 0 atom stereocenters. The van der Waals surface area contributed by atoms with Crippen molar-refractivity contribution in [2.75, 3.05) is 33.2 Å². The second-order valence-corrected chi connectivity index (χ2v) is 3.83. The molecule has 0 saturated carbocycles. The van der Waals surface area contributed by atoms with E-state index in [2.05, 4.69) is 10.1 Å². The molecule has 5 heteroatoms. The molecule has 104 valence electrons. The van der Waals surface area contributed by atoms with Gasteiger partial charge in [-0.1, -0.05) is 6.08 Å². The smallest absolute Gasteiger partial charge is 0.333 e. The van der Waals surface area contributed by atoms with Gasteiger partial charge in [0.15, 0.2) is 11.5 Å². The van der Waals surface area contributed by atoms with Gasteiger partial charge >= 0.3 is 5.97 Å². The zero-order chi connectivity index (χ0) is 14.3. The highest BCUT2D eigenvalue weighted by Crippen LogP contribution is 2.29. The van der Waals surface area contributed by atoms with E-state index in [-0.39, 0.29) is 5.97 Å². The summed E-state index contributed by atoms with van der Waals surface area (Å²) < 4.78 is 15.0. The predicted molar refractivity (Wildman–Crippen MR) is 73.8 cm³/mol. The average molecular weight is 265 g/mol. The Morgan fingerprint density at radius 1 is 1.21 bits per heavy atom. The maximum Gasteiger partial charge on any atom is 0.333 e. The second kappa shape index (κ2) is 7.31. The van der Waals surface area contributed by atoms with E-state index in [1.165, 1.54) is 7.11 Å². The molecule has 0 saturated heterocycles. The van der Waals surface area contributed by atoms with Gasteiger partial charge in [-0.3, -0.25) is 0 Å². The van der Waals surface area contributed by atoms with E-state index in [4.69, 9.17) is 9.47 Å². The van der Waals surface area contributed by atoms with Gasteiger partial charge in [-0.15, -0.1) is 0 Å². The van der Waals surface area contributed by atoms with Gasteiger partial charge < -0.3 is 19.5 Å². The van der Waals surface area contributed by atoms with E-state index in [9.17, 15) is 4.79 Å². The highest BCUT2D eigenvalue weighted by atomic mass is 16.5. The Bertz CT molecular complexity index is 469. The number of nitrogens with one attached hydrogen (secondary N) is 1. The van der Waals surface area contributed by atoms with Crippen LogP contribution in [0.1, 0.15) is 6.92 Å². The van der Waals surface area contributed by atoms with Crippen LogP contribution in [0, 0.1) is 0 Å². The Morgan fingerprint density at radius 2 is 1.89 bits per heavy atom. The van der Waals surface area contributed by atoms with Crippen molar-refractivity contribution in [3.63, 3.8) is 0 Å². The SMILES string of the molecule is COC(=O)/C(C)=C/CNc1ccc(OC)c(OC)c1. The normalized spacial score (nSPS) is 10.8. The van der Waals surface area contributed by atoms with E-state index in [0.717, 1.165) is 5.69 Å². The van der Waals surface area contributed by atoms with Crippen LogP contribution in [0.2, 0.25) is 0 Å². The maximum atomic E-state index is 11.2. The van der Waals surface area contributed by atoms with Crippen LogP contribution in [-0.4, -0.2) is 33.8 Å². The summed E-state index contributed by atoms with van der Waals surface area (Å²) in [5.41, 5.74) is 1.45. The molecule has 0 fully saturated rings. The molecule has 0 radical (unpaired) electrons. The second-order valence-electron chi connectivity index (χ2n) is 3.83. The lowest BCUT2D eigenvalue weighted by molar-refractivity contribution is -0.136. The number of carbonyl (C=O) groups is 1. The molecule has 0 aliphatic heterocycles. The zero-order valence-corrected chi connectivity index (χ0v) is 11.6. The van der Waals surface area contributed by atoms with Crippen molar-refractivity contribution in [1.82, 2.24) is 0 Å². The van der Waals surface area contributed by atoms with Crippen molar-refractivity contribution < 1.29 is 19.0 Å². The van der Waals surface area contributed by atoms with Crippen molar-refractivity contribution in [1.29, 1.82) is 0 Å². The number of esters is 1. The van der Waals surface area contributed by atoms with Crippen LogP contribution in [0.5, 0.6) is 11.5 Å². The van der Waals surface area contributed by atoms with Gasteiger partial charge in [-0.2, -0.15) is 0 Å². The monoisotopic (exact) mass is 265 g/mol. The van der Waals surface area contributed by atoms with E-state index >= 15 is 0 Å². The fraction of sp³-hybridized carbons (Fsp3) is 0.357.